The van der Waals surface area contributed by atoms with Crippen LogP contribution < -0.4 is 10.1 Å². The summed E-state index contributed by atoms with van der Waals surface area (Å²) in [5, 5.41) is 22.6. The summed E-state index contributed by atoms with van der Waals surface area (Å²) in [5.74, 6) is 0.234. The van der Waals surface area contributed by atoms with Gasteiger partial charge in [0.05, 0.1) is 24.8 Å². The summed E-state index contributed by atoms with van der Waals surface area (Å²) in [6, 6.07) is 8.27. The van der Waals surface area contributed by atoms with Crippen molar-refractivity contribution < 1.29 is 19.7 Å². The standard InChI is InChI=1S/C19H22N2O4/c1-11-3-5-15(16(23)7-11)19(24)21-18(13-8-14(22)9-13)12-4-6-17(25-2)20-10-12/h3-7,10,13-14,18,22-23H,8-9H2,1-2H3,(H,21,24)/t13?,14?,18-/m0/s1. The molecule has 0 aliphatic heterocycles. The summed E-state index contributed by atoms with van der Waals surface area (Å²) in [6.45, 7) is 1.85. The van der Waals surface area contributed by atoms with E-state index in [1.165, 1.54) is 0 Å². The van der Waals surface area contributed by atoms with Crippen molar-refractivity contribution in [1.29, 1.82) is 0 Å². The van der Waals surface area contributed by atoms with E-state index in [1.54, 1.807) is 37.6 Å². The minimum atomic E-state index is -0.347. The molecule has 0 bridgehead atoms. The van der Waals surface area contributed by atoms with Crippen molar-refractivity contribution in [3.8, 4) is 11.6 Å². The first-order chi connectivity index (χ1) is 12.0. The van der Waals surface area contributed by atoms with Crippen molar-refractivity contribution in [1.82, 2.24) is 10.3 Å². The number of aromatic hydroxyl groups is 1. The first kappa shape index (κ1) is 17.2. The number of aromatic nitrogens is 1. The van der Waals surface area contributed by atoms with Crippen LogP contribution in [0.2, 0.25) is 0 Å². The fraction of sp³-hybridized carbons (Fsp3) is 0.368. The number of methoxy groups -OCH3 is 1. The maximum absolute atomic E-state index is 12.6. The highest BCUT2D eigenvalue weighted by molar-refractivity contribution is 5.97. The lowest BCUT2D eigenvalue weighted by molar-refractivity contribution is 0.0234. The average Bonchev–Trinajstić information content (AvgIpc) is 2.57. The number of carbonyl (C=O) groups is 1. The molecule has 1 aromatic heterocycles. The average molecular weight is 342 g/mol. The molecule has 1 heterocycles. The van der Waals surface area contributed by atoms with Crippen molar-refractivity contribution in [3.05, 3.63) is 53.2 Å². The first-order valence-electron chi connectivity index (χ1n) is 8.26. The van der Waals surface area contributed by atoms with Gasteiger partial charge in [-0.05, 0) is 48.9 Å². The summed E-state index contributed by atoms with van der Waals surface area (Å²) in [7, 11) is 1.55. The number of hydrogen-bond donors (Lipinski definition) is 3. The molecule has 1 aromatic carbocycles. The zero-order valence-corrected chi connectivity index (χ0v) is 14.3. The van der Waals surface area contributed by atoms with Crippen LogP contribution in [0, 0.1) is 12.8 Å². The molecule has 3 rings (SSSR count). The Balaban J connectivity index is 1.83. The van der Waals surface area contributed by atoms with Gasteiger partial charge in [-0.3, -0.25) is 4.79 Å². The number of nitrogens with zero attached hydrogens (tertiary/aromatic N) is 1. The number of aliphatic hydroxyl groups is 1. The van der Waals surface area contributed by atoms with E-state index in [1.807, 2.05) is 13.0 Å². The van der Waals surface area contributed by atoms with Crippen LogP contribution in [0.3, 0.4) is 0 Å². The van der Waals surface area contributed by atoms with Gasteiger partial charge in [0.15, 0.2) is 0 Å². The molecule has 1 aliphatic rings. The second-order valence-electron chi connectivity index (χ2n) is 6.49. The second kappa shape index (κ2) is 7.11. The number of aryl methyl sites for hydroxylation is 1. The predicted octanol–water partition coefficient (Wildman–Crippen LogP) is 2.35. The minimum absolute atomic E-state index is 0.0437. The Bertz CT molecular complexity index is 755. The monoisotopic (exact) mass is 342 g/mol. The van der Waals surface area contributed by atoms with Crippen molar-refractivity contribution in [2.75, 3.05) is 7.11 Å². The summed E-state index contributed by atoms with van der Waals surface area (Å²) in [6.07, 6.45) is 2.58. The fourth-order valence-electron chi connectivity index (χ4n) is 3.12. The Labute approximate surface area is 146 Å². The highest BCUT2D eigenvalue weighted by Crippen LogP contribution is 2.38. The maximum Gasteiger partial charge on any atom is 0.255 e. The number of carbonyl (C=O) groups excluding carboxylic acids is 1. The van der Waals surface area contributed by atoms with Gasteiger partial charge >= 0.3 is 0 Å². The number of aliphatic hydroxyl groups excluding tert-OH is 1. The number of pyridine rings is 1. The zero-order chi connectivity index (χ0) is 18.0. The predicted molar refractivity (Wildman–Crippen MR) is 92.6 cm³/mol. The number of phenolic OH excluding ortho intramolecular Hbond substituents is 1. The summed E-state index contributed by atoms with van der Waals surface area (Å²) in [5.41, 5.74) is 1.96. The number of nitrogens with one attached hydrogen (secondary N) is 1. The van der Waals surface area contributed by atoms with Gasteiger partial charge in [0.1, 0.15) is 5.75 Å². The van der Waals surface area contributed by atoms with Gasteiger partial charge in [-0.2, -0.15) is 0 Å². The van der Waals surface area contributed by atoms with Crippen LogP contribution in [0.4, 0.5) is 0 Å². The zero-order valence-electron chi connectivity index (χ0n) is 14.3. The quantitative estimate of drug-likeness (QED) is 0.776. The van der Waals surface area contributed by atoms with Gasteiger partial charge in [0, 0.05) is 12.3 Å². The third-order valence-electron chi connectivity index (χ3n) is 4.63. The number of phenols is 1. The molecule has 3 N–H and O–H groups in total. The van der Waals surface area contributed by atoms with Crippen LogP contribution >= 0.6 is 0 Å². The van der Waals surface area contributed by atoms with Gasteiger partial charge in [0.25, 0.3) is 5.91 Å². The van der Waals surface area contributed by atoms with Gasteiger partial charge in [-0.25, -0.2) is 4.98 Å². The normalized spacial score (nSPS) is 20.4. The van der Waals surface area contributed by atoms with Crippen LogP contribution in [0.25, 0.3) is 0 Å². The van der Waals surface area contributed by atoms with E-state index in [4.69, 9.17) is 4.74 Å². The molecule has 0 radical (unpaired) electrons. The molecule has 0 spiro atoms. The van der Waals surface area contributed by atoms with E-state index in [9.17, 15) is 15.0 Å². The second-order valence-corrected chi connectivity index (χ2v) is 6.49. The number of amides is 1. The molecule has 1 saturated carbocycles. The Morgan fingerprint density at radius 2 is 2.08 bits per heavy atom. The molecule has 132 valence electrons. The third-order valence-corrected chi connectivity index (χ3v) is 4.63. The van der Waals surface area contributed by atoms with Gasteiger partial charge in [-0.15, -0.1) is 0 Å². The number of hydrogen-bond acceptors (Lipinski definition) is 5. The number of rotatable bonds is 5. The molecule has 6 heteroatoms. The maximum atomic E-state index is 12.6. The summed E-state index contributed by atoms with van der Waals surface area (Å²) < 4.78 is 5.07. The van der Waals surface area contributed by atoms with E-state index in [0.717, 1.165) is 11.1 Å². The highest BCUT2D eigenvalue weighted by Gasteiger charge is 2.36. The van der Waals surface area contributed by atoms with Crippen molar-refractivity contribution in [3.63, 3.8) is 0 Å². The van der Waals surface area contributed by atoms with E-state index in [2.05, 4.69) is 10.3 Å². The SMILES string of the molecule is COc1ccc([C@H](NC(=O)c2ccc(C)cc2O)C2CC(O)C2)cn1. The molecule has 1 aliphatic carbocycles. The van der Waals surface area contributed by atoms with E-state index >= 15 is 0 Å². The smallest absolute Gasteiger partial charge is 0.255 e. The van der Waals surface area contributed by atoms with Crippen molar-refractivity contribution in [2.24, 2.45) is 5.92 Å². The highest BCUT2D eigenvalue weighted by atomic mass is 16.5. The molecule has 25 heavy (non-hydrogen) atoms. The van der Waals surface area contributed by atoms with Crippen molar-refractivity contribution in [2.45, 2.75) is 31.9 Å². The summed E-state index contributed by atoms with van der Waals surface area (Å²) >= 11 is 0. The molecule has 0 saturated heterocycles. The molecule has 0 unspecified atom stereocenters. The van der Waals surface area contributed by atoms with Crippen LogP contribution in [0.15, 0.2) is 36.5 Å². The molecular weight excluding hydrogens is 320 g/mol. The first-order valence-corrected chi connectivity index (χ1v) is 8.26. The topological polar surface area (TPSA) is 91.7 Å². The fourth-order valence-corrected chi connectivity index (χ4v) is 3.12. The Morgan fingerprint density at radius 1 is 1.32 bits per heavy atom. The van der Waals surface area contributed by atoms with Crippen LogP contribution in [-0.4, -0.2) is 34.3 Å². The number of ether oxygens (including phenoxy) is 1. The Kier molecular flexibility index (Phi) is 4.90. The molecule has 1 atom stereocenters. The van der Waals surface area contributed by atoms with E-state index in [0.29, 0.717) is 18.7 Å². The van der Waals surface area contributed by atoms with Crippen LogP contribution in [0.1, 0.15) is 40.4 Å². The minimum Gasteiger partial charge on any atom is -0.507 e. The van der Waals surface area contributed by atoms with Gasteiger partial charge < -0.3 is 20.3 Å². The van der Waals surface area contributed by atoms with Crippen molar-refractivity contribution >= 4 is 5.91 Å². The van der Waals surface area contributed by atoms with Crippen LogP contribution in [0.5, 0.6) is 11.6 Å². The molecule has 1 fully saturated rings. The molecular formula is C19H22N2O4. The lowest BCUT2D eigenvalue weighted by Crippen LogP contribution is -2.41. The molecule has 6 nitrogen and oxygen atoms in total. The lowest BCUT2D eigenvalue weighted by Gasteiger charge is -2.38. The van der Waals surface area contributed by atoms with Crippen LogP contribution in [-0.2, 0) is 0 Å². The van der Waals surface area contributed by atoms with Gasteiger partial charge in [0.2, 0.25) is 5.88 Å². The lowest BCUT2D eigenvalue weighted by atomic mass is 9.75. The Morgan fingerprint density at radius 3 is 2.64 bits per heavy atom. The number of benzene rings is 1. The third kappa shape index (κ3) is 3.74. The summed E-state index contributed by atoms with van der Waals surface area (Å²) in [4.78, 5) is 16.8. The molecule has 2 aromatic rings. The van der Waals surface area contributed by atoms with E-state index in [-0.39, 0.29) is 35.3 Å². The van der Waals surface area contributed by atoms with E-state index < -0.39 is 0 Å². The van der Waals surface area contributed by atoms with Gasteiger partial charge in [-0.1, -0.05) is 12.1 Å². The largest absolute Gasteiger partial charge is 0.507 e. The molecule has 1 amide bonds. The Hall–Kier alpha value is -2.60.